The molecular weight excluding hydrogens is 474 g/mol. The van der Waals surface area contributed by atoms with E-state index in [1.165, 1.54) is 18.2 Å². The number of benzene rings is 2. The highest BCUT2D eigenvalue weighted by Crippen LogP contribution is 2.45. The van der Waals surface area contributed by atoms with Gasteiger partial charge in [0.2, 0.25) is 0 Å². The lowest BCUT2D eigenvalue weighted by molar-refractivity contribution is -0.153. The number of ether oxygens (including phenoxy) is 1. The summed E-state index contributed by atoms with van der Waals surface area (Å²) in [6.45, 7) is 1.53. The second kappa shape index (κ2) is 9.16. The molecule has 1 unspecified atom stereocenters. The van der Waals surface area contributed by atoms with Crippen LogP contribution in [0.2, 0.25) is 0 Å². The number of alkyl halides is 6. The molecule has 0 aliphatic heterocycles. The SMILES string of the molecule is CC(C)CC(C(=O)O)c1cc(OCC(F)(F)F)c(-c2ccc3nsnc3c2)c(C(F)(F)F)c1. The number of hydrogen-bond acceptors (Lipinski definition) is 5. The van der Waals surface area contributed by atoms with E-state index in [2.05, 4.69) is 8.75 Å². The van der Waals surface area contributed by atoms with E-state index in [1.807, 2.05) is 0 Å². The molecule has 0 aliphatic rings. The molecular formula is C21H18F6N2O3S. The van der Waals surface area contributed by atoms with Crippen LogP contribution in [0.1, 0.15) is 37.3 Å². The summed E-state index contributed by atoms with van der Waals surface area (Å²) in [6, 6.07) is 5.56. The van der Waals surface area contributed by atoms with Crippen molar-refractivity contribution in [2.24, 2.45) is 5.92 Å². The highest BCUT2D eigenvalue weighted by Gasteiger charge is 2.38. The van der Waals surface area contributed by atoms with Crippen molar-refractivity contribution in [3.8, 4) is 16.9 Å². The maximum atomic E-state index is 14.1. The average molecular weight is 492 g/mol. The number of carboxylic acid groups (broad SMARTS) is 1. The molecule has 1 N–H and O–H groups in total. The Morgan fingerprint density at radius 3 is 2.30 bits per heavy atom. The first-order chi connectivity index (χ1) is 15.3. The first-order valence-corrected chi connectivity index (χ1v) is 10.4. The van der Waals surface area contributed by atoms with Gasteiger partial charge in [-0.2, -0.15) is 35.1 Å². The maximum Gasteiger partial charge on any atom is 0.422 e. The van der Waals surface area contributed by atoms with Crippen molar-refractivity contribution in [1.29, 1.82) is 0 Å². The molecule has 1 heterocycles. The number of halogens is 6. The van der Waals surface area contributed by atoms with Crippen LogP contribution in [0.15, 0.2) is 30.3 Å². The Morgan fingerprint density at radius 1 is 1.06 bits per heavy atom. The van der Waals surface area contributed by atoms with Crippen LogP contribution in [0, 0.1) is 5.92 Å². The van der Waals surface area contributed by atoms with E-state index in [0.29, 0.717) is 11.6 Å². The normalized spacial score (nSPS) is 13.5. The van der Waals surface area contributed by atoms with E-state index in [4.69, 9.17) is 4.74 Å². The van der Waals surface area contributed by atoms with Crippen molar-refractivity contribution in [3.63, 3.8) is 0 Å². The minimum absolute atomic E-state index is 0.0128. The summed E-state index contributed by atoms with van der Waals surface area (Å²) in [5.74, 6) is -3.66. The van der Waals surface area contributed by atoms with Gasteiger partial charge in [0, 0.05) is 5.56 Å². The lowest BCUT2D eigenvalue weighted by Gasteiger charge is -2.23. The quantitative estimate of drug-likeness (QED) is 0.380. The van der Waals surface area contributed by atoms with Crippen LogP contribution in [0.5, 0.6) is 5.75 Å². The van der Waals surface area contributed by atoms with Gasteiger partial charge in [0.25, 0.3) is 0 Å². The third-order valence-corrected chi connectivity index (χ3v) is 5.33. The van der Waals surface area contributed by atoms with Gasteiger partial charge in [-0.1, -0.05) is 19.9 Å². The molecule has 0 fully saturated rings. The van der Waals surface area contributed by atoms with Gasteiger partial charge in [-0.05, 0) is 47.7 Å². The molecule has 1 atom stereocenters. The summed E-state index contributed by atoms with van der Waals surface area (Å²) in [5.41, 5.74) is -1.62. The summed E-state index contributed by atoms with van der Waals surface area (Å²) in [4.78, 5) is 11.8. The fourth-order valence-corrected chi connectivity index (χ4v) is 3.94. The number of fused-ring (bicyclic) bond motifs is 1. The molecule has 12 heteroatoms. The van der Waals surface area contributed by atoms with E-state index in [-0.39, 0.29) is 29.0 Å². The summed E-state index contributed by atoms with van der Waals surface area (Å²) in [6.07, 6.45) is -9.84. The van der Waals surface area contributed by atoms with Crippen LogP contribution in [0.25, 0.3) is 22.2 Å². The molecule has 1 aromatic heterocycles. The summed E-state index contributed by atoms with van der Waals surface area (Å²) < 4.78 is 93.7. The molecule has 0 spiro atoms. The molecule has 178 valence electrons. The highest BCUT2D eigenvalue weighted by molar-refractivity contribution is 7.00. The van der Waals surface area contributed by atoms with E-state index in [9.17, 15) is 36.2 Å². The molecule has 3 aromatic rings. The van der Waals surface area contributed by atoms with Crippen molar-refractivity contribution in [2.75, 3.05) is 6.61 Å². The lowest BCUT2D eigenvalue weighted by Crippen LogP contribution is -2.21. The van der Waals surface area contributed by atoms with Gasteiger partial charge >= 0.3 is 18.3 Å². The Morgan fingerprint density at radius 2 is 1.73 bits per heavy atom. The zero-order valence-corrected chi connectivity index (χ0v) is 18.1. The Balaban J connectivity index is 2.29. The van der Waals surface area contributed by atoms with Crippen molar-refractivity contribution in [1.82, 2.24) is 8.75 Å². The number of aliphatic carboxylic acids is 1. The van der Waals surface area contributed by atoms with E-state index >= 15 is 0 Å². The Hall–Kier alpha value is -2.89. The molecule has 2 aromatic carbocycles. The van der Waals surface area contributed by atoms with Gasteiger partial charge in [-0.3, -0.25) is 4.79 Å². The van der Waals surface area contributed by atoms with E-state index in [0.717, 1.165) is 17.8 Å². The standard InChI is InChI=1S/C21H18F6N2O3S/c1-10(2)5-13(19(30)31)12-6-14(21(25,26)27)18(17(8-12)32-9-20(22,23)24)11-3-4-15-16(7-11)29-33-28-15/h3-4,6-8,10,13H,5,9H2,1-2H3,(H,30,31). The first kappa shape index (κ1) is 24.7. The first-order valence-electron chi connectivity index (χ1n) is 9.66. The molecule has 0 radical (unpaired) electrons. The van der Waals surface area contributed by atoms with Gasteiger partial charge in [0.15, 0.2) is 6.61 Å². The van der Waals surface area contributed by atoms with Crippen LogP contribution >= 0.6 is 11.7 Å². The number of hydrogen-bond donors (Lipinski definition) is 1. The number of aromatic nitrogens is 2. The molecule has 3 rings (SSSR count). The van der Waals surface area contributed by atoms with Crippen LogP contribution < -0.4 is 4.74 Å². The lowest BCUT2D eigenvalue weighted by atomic mass is 9.86. The van der Waals surface area contributed by atoms with Gasteiger partial charge in [0.05, 0.1) is 23.2 Å². The number of carboxylic acids is 1. The number of carbonyl (C=O) groups is 1. The molecule has 0 saturated carbocycles. The number of rotatable bonds is 7. The Kier molecular flexibility index (Phi) is 6.87. The summed E-state index contributed by atoms with van der Waals surface area (Å²) in [5, 5.41) is 9.58. The molecule has 0 amide bonds. The fraction of sp³-hybridized carbons (Fsp3) is 0.381. The monoisotopic (exact) mass is 492 g/mol. The van der Waals surface area contributed by atoms with Crippen LogP contribution in [-0.2, 0) is 11.0 Å². The van der Waals surface area contributed by atoms with Gasteiger partial charge in [-0.25, -0.2) is 0 Å². The van der Waals surface area contributed by atoms with Gasteiger partial charge in [0.1, 0.15) is 16.8 Å². The Labute approximate surface area is 188 Å². The van der Waals surface area contributed by atoms with Gasteiger partial charge in [-0.15, -0.1) is 0 Å². The largest absolute Gasteiger partial charge is 0.483 e. The number of nitrogens with zero attached hydrogens (tertiary/aromatic N) is 2. The predicted molar refractivity (Wildman–Crippen MR) is 109 cm³/mol. The molecule has 0 aliphatic carbocycles. The molecule has 0 saturated heterocycles. The van der Waals surface area contributed by atoms with Crippen molar-refractivity contribution in [3.05, 3.63) is 41.5 Å². The van der Waals surface area contributed by atoms with Gasteiger partial charge < -0.3 is 9.84 Å². The fourth-order valence-electron chi connectivity index (χ4n) is 3.42. The highest BCUT2D eigenvalue weighted by atomic mass is 32.1. The van der Waals surface area contributed by atoms with Crippen LogP contribution in [0.3, 0.4) is 0 Å². The third kappa shape index (κ3) is 5.92. The molecule has 0 bridgehead atoms. The summed E-state index contributed by atoms with van der Waals surface area (Å²) in [7, 11) is 0. The Bertz CT molecular complexity index is 1160. The van der Waals surface area contributed by atoms with Crippen LogP contribution in [-0.4, -0.2) is 32.6 Å². The predicted octanol–water partition coefficient (Wildman–Crippen LogP) is 6.53. The zero-order chi connectivity index (χ0) is 24.6. The topological polar surface area (TPSA) is 72.3 Å². The molecule has 33 heavy (non-hydrogen) atoms. The van der Waals surface area contributed by atoms with Crippen LogP contribution in [0.4, 0.5) is 26.3 Å². The minimum Gasteiger partial charge on any atom is -0.483 e. The maximum absolute atomic E-state index is 14.1. The van der Waals surface area contributed by atoms with E-state index in [1.54, 1.807) is 13.8 Å². The zero-order valence-electron chi connectivity index (χ0n) is 17.3. The van der Waals surface area contributed by atoms with Crippen molar-refractivity contribution in [2.45, 2.75) is 38.5 Å². The van der Waals surface area contributed by atoms with Crippen molar-refractivity contribution < 1.29 is 41.0 Å². The molecule has 5 nitrogen and oxygen atoms in total. The summed E-state index contributed by atoms with van der Waals surface area (Å²) >= 11 is 0.832. The minimum atomic E-state index is -5.00. The third-order valence-electron chi connectivity index (χ3n) is 4.77. The second-order valence-electron chi connectivity index (χ2n) is 7.83. The average Bonchev–Trinajstić information content (AvgIpc) is 3.16. The van der Waals surface area contributed by atoms with E-state index < -0.39 is 47.7 Å². The second-order valence-corrected chi connectivity index (χ2v) is 8.36. The smallest absolute Gasteiger partial charge is 0.422 e. The van der Waals surface area contributed by atoms with Crippen molar-refractivity contribution >= 4 is 28.7 Å².